The molecule has 0 radical (unpaired) electrons. The summed E-state index contributed by atoms with van der Waals surface area (Å²) in [5.74, 6) is 1.01. The molecule has 3 aromatic rings. The van der Waals surface area contributed by atoms with Crippen molar-refractivity contribution in [2.45, 2.75) is 12.8 Å². The van der Waals surface area contributed by atoms with Crippen LogP contribution in [0.5, 0.6) is 0 Å². The molecule has 4 rings (SSSR count). The Morgan fingerprint density at radius 2 is 1.75 bits per heavy atom. The van der Waals surface area contributed by atoms with Gasteiger partial charge in [0, 0.05) is 77.3 Å². The maximum absolute atomic E-state index is 13.0. The van der Waals surface area contributed by atoms with Crippen molar-refractivity contribution >= 4 is 28.6 Å². The predicted molar refractivity (Wildman–Crippen MR) is 146 cm³/mol. The van der Waals surface area contributed by atoms with Crippen molar-refractivity contribution in [1.29, 1.82) is 0 Å². The van der Waals surface area contributed by atoms with E-state index in [1.807, 2.05) is 29.2 Å². The molecule has 0 atom stereocenters. The first kappa shape index (κ1) is 26.0. The van der Waals surface area contributed by atoms with Crippen LogP contribution >= 0.6 is 11.5 Å². The summed E-state index contributed by atoms with van der Waals surface area (Å²) in [7, 11) is 1.69. The van der Waals surface area contributed by atoms with Gasteiger partial charge in [-0.2, -0.15) is 4.37 Å². The molecule has 7 nitrogen and oxygen atoms in total. The van der Waals surface area contributed by atoms with E-state index in [2.05, 4.69) is 62.7 Å². The average Bonchev–Trinajstić information content (AvgIpc) is 3.38. The van der Waals surface area contributed by atoms with Crippen LogP contribution in [0.15, 0.2) is 66.7 Å². The number of hydrogen-bond donors (Lipinski definition) is 0. The van der Waals surface area contributed by atoms with Crippen LogP contribution in [0, 0.1) is 0 Å². The lowest BCUT2D eigenvalue weighted by molar-refractivity contribution is -0.132. The minimum Gasteiger partial charge on any atom is -0.383 e. The third kappa shape index (κ3) is 7.98. The van der Waals surface area contributed by atoms with Gasteiger partial charge in [0.05, 0.1) is 6.61 Å². The van der Waals surface area contributed by atoms with Crippen molar-refractivity contribution in [2.24, 2.45) is 0 Å². The molecular formula is C28H35N5O2S. The minimum absolute atomic E-state index is 0.200. The Kier molecular flexibility index (Phi) is 10.0. The SMILES string of the molecule is COCCN(CCC(=O)N1CCN(C/C=C/c2ccccc2)CC1)c1nc(Cc2ccccc2)ns1. The third-order valence-electron chi connectivity index (χ3n) is 6.29. The van der Waals surface area contributed by atoms with Crippen LogP contribution < -0.4 is 4.90 Å². The summed E-state index contributed by atoms with van der Waals surface area (Å²) < 4.78 is 9.85. The number of methoxy groups -OCH3 is 1. The van der Waals surface area contributed by atoms with Crippen LogP contribution in [-0.2, 0) is 16.0 Å². The second-order valence-corrected chi connectivity index (χ2v) is 9.61. The smallest absolute Gasteiger partial charge is 0.224 e. The quantitative estimate of drug-likeness (QED) is 0.373. The fourth-order valence-electron chi connectivity index (χ4n) is 4.20. The van der Waals surface area contributed by atoms with Gasteiger partial charge < -0.3 is 14.5 Å². The zero-order valence-corrected chi connectivity index (χ0v) is 21.8. The molecule has 1 aromatic heterocycles. The number of carbonyl (C=O) groups excluding carboxylic acids is 1. The van der Waals surface area contributed by atoms with Crippen LogP contribution in [0.25, 0.3) is 6.08 Å². The van der Waals surface area contributed by atoms with Gasteiger partial charge in [-0.25, -0.2) is 4.98 Å². The van der Waals surface area contributed by atoms with Crippen LogP contribution in [0.4, 0.5) is 5.13 Å². The largest absolute Gasteiger partial charge is 0.383 e. The number of aromatic nitrogens is 2. The van der Waals surface area contributed by atoms with E-state index >= 15 is 0 Å². The topological polar surface area (TPSA) is 61.8 Å². The molecule has 1 amide bonds. The molecule has 0 N–H and O–H groups in total. The third-order valence-corrected chi connectivity index (χ3v) is 7.11. The van der Waals surface area contributed by atoms with Crippen LogP contribution in [-0.4, -0.2) is 84.6 Å². The average molecular weight is 506 g/mol. The van der Waals surface area contributed by atoms with Crippen molar-refractivity contribution in [1.82, 2.24) is 19.2 Å². The van der Waals surface area contributed by atoms with E-state index in [4.69, 9.17) is 9.72 Å². The highest BCUT2D eigenvalue weighted by atomic mass is 32.1. The van der Waals surface area contributed by atoms with Gasteiger partial charge in [-0.05, 0) is 11.1 Å². The van der Waals surface area contributed by atoms with Gasteiger partial charge in [0.2, 0.25) is 11.0 Å². The first-order chi connectivity index (χ1) is 17.7. The molecule has 2 heterocycles. The fraction of sp³-hybridized carbons (Fsp3) is 0.393. The summed E-state index contributed by atoms with van der Waals surface area (Å²) in [6.07, 6.45) is 5.53. The molecule has 0 aliphatic carbocycles. The molecule has 190 valence electrons. The van der Waals surface area contributed by atoms with E-state index in [0.29, 0.717) is 32.5 Å². The molecule has 0 saturated carbocycles. The number of benzene rings is 2. The van der Waals surface area contributed by atoms with E-state index in [0.717, 1.165) is 43.7 Å². The van der Waals surface area contributed by atoms with Gasteiger partial charge >= 0.3 is 0 Å². The van der Waals surface area contributed by atoms with Gasteiger partial charge in [-0.1, -0.05) is 72.8 Å². The molecule has 1 aliphatic rings. The number of anilines is 1. The molecule has 1 fully saturated rings. The monoisotopic (exact) mass is 505 g/mol. The Morgan fingerprint density at radius 3 is 2.47 bits per heavy atom. The van der Waals surface area contributed by atoms with Crippen LogP contribution in [0.1, 0.15) is 23.4 Å². The highest BCUT2D eigenvalue weighted by Gasteiger charge is 2.22. The Labute approximate surface area is 218 Å². The minimum atomic E-state index is 0.200. The standard InChI is InChI=1S/C28H35N5O2S/c1-35-22-21-33(28-29-26(30-36-28)23-25-11-6-3-7-12-25)16-14-27(34)32-19-17-31(18-20-32)15-8-13-24-9-4-2-5-10-24/h2-13H,14-23H2,1H3/b13-8+. The number of nitrogens with zero attached hydrogens (tertiary/aromatic N) is 5. The number of rotatable bonds is 12. The molecule has 8 heteroatoms. The van der Waals surface area contributed by atoms with Crippen LogP contribution in [0.3, 0.4) is 0 Å². The molecule has 36 heavy (non-hydrogen) atoms. The molecule has 0 spiro atoms. The lowest BCUT2D eigenvalue weighted by Crippen LogP contribution is -2.49. The molecule has 0 unspecified atom stereocenters. The number of hydrogen-bond acceptors (Lipinski definition) is 7. The van der Waals surface area contributed by atoms with E-state index < -0.39 is 0 Å². The summed E-state index contributed by atoms with van der Waals surface area (Å²) in [6.45, 7) is 6.13. The zero-order chi connectivity index (χ0) is 25.0. The van der Waals surface area contributed by atoms with E-state index in [-0.39, 0.29) is 5.91 Å². The van der Waals surface area contributed by atoms with E-state index in [9.17, 15) is 4.79 Å². The predicted octanol–water partition coefficient (Wildman–Crippen LogP) is 3.83. The second-order valence-electron chi connectivity index (χ2n) is 8.88. The number of ether oxygens (including phenoxy) is 1. The lowest BCUT2D eigenvalue weighted by Gasteiger charge is -2.34. The van der Waals surface area contributed by atoms with Gasteiger partial charge in [-0.15, -0.1) is 0 Å². The van der Waals surface area contributed by atoms with Crippen molar-refractivity contribution in [3.05, 3.63) is 83.7 Å². The fourth-order valence-corrected chi connectivity index (χ4v) is 4.94. The molecule has 1 saturated heterocycles. The van der Waals surface area contributed by atoms with Crippen LogP contribution in [0.2, 0.25) is 0 Å². The van der Waals surface area contributed by atoms with Gasteiger partial charge in [0.15, 0.2) is 0 Å². The normalized spacial score (nSPS) is 14.4. The van der Waals surface area contributed by atoms with Crippen molar-refractivity contribution in [3.63, 3.8) is 0 Å². The maximum Gasteiger partial charge on any atom is 0.224 e. The number of piperazine rings is 1. The lowest BCUT2D eigenvalue weighted by atomic mass is 10.1. The summed E-state index contributed by atoms with van der Waals surface area (Å²) in [5.41, 5.74) is 2.40. The van der Waals surface area contributed by atoms with Crippen molar-refractivity contribution in [3.8, 4) is 0 Å². The summed E-state index contributed by atoms with van der Waals surface area (Å²) in [6, 6.07) is 20.6. The summed E-state index contributed by atoms with van der Waals surface area (Å²) in [4.78, 5) is 24.2. The Balaban J connectivity index is 1.23. The first-order valence-corrected chi connectivity index (χ1v) is 13.3. The zero-order valence-electron chi connectivity index (χ0n) is 21.0. The molecular weight excluding hydrogens is 470 g/mol. The summed E-state index contributed by atoms with van der Waals surface area (Å²) >= 11 is 1.39. The van der Waals surface area contributed by atoms with Gasteiger partial charge in [-0.3, -0.25) is 9.69 Å². The van der Waals surface area contributed by atoms with E-state index in [1.54, 1.807) is 7.11 Å². The van der Waals surface area contributed by atoms with Crippen molar-refractivity contribution in [2.75, 3.05) is 64.4 Å². The maximum atomic E-state index is 13.0. The Morgan fingerprint density at radius 1 is 1.03 bits per heavy atom. The van der Waals surface area contributed by atoms with Gasteiger partial charge in [0.1, 0.15) is 5.82 Å². The number of amides is 1. The summed E-state index contributed by atoms with van der Waals surface area (Å²) in [5, 5.41) is 0.848. The highest BCUT2D eigenvalue weighted by Crippen LogP contribution is 2.20. The molecule has 2 aromatic carbocycles. The highest BCUT2D eigenvalue weighted by molar-refractivity contribution is 7.09. The Bertz CT molecular complexity index is 1080. The second kappa shape index (κ2) is 13.9. The van der Waals surface area contributed by atoms with Crippen molar-refractivity contribution < 1.29 is 9.53 Å². The number of carbonyl (C=O) groups is 1. The first-order valence-electron chi connectivity index (χ1n) is 12.5. The van der Waals surface area contributed by atoms with Gasteiger partial charge in [0.25, 0.3) is 0 Å². The molecule has 0 bridgehead atoms. The molecule has 1 aliphatic heterocycles. The Hall–Kier alpha value is -3.07. The van der Waals surface area contributed by atoms with E-state index in [1.165, 1.54) is 22.7 Å².